The lowest BCUT2D eigenvalue weighted by Gasteiger charge is -2.18. The van der Waals surface area contributed by atoms with Crippen LogP contribution in [0.5, 0.6) is 0 Å². The molecule has 0 saturated carbocycles. The second-order valence-electron chi connectivity index (χ2n) is 6.11. The molecule has 2 amide bonds. The predicted molar refractivity (Wildman–Crippen MR) is 102 cm³/mol. The first-order valence-corrected chi connectivity index (χ1v) is 10.6. The number of anilines is 2. The van der Waals surface area contributed by atoms with Crippen LogP contribution in [0.15, 0.2) is 52.3 Å². The molecule has 6 nitrogen and oxygen atoms in total. The Hall–Kier alpha value is -2.39. The lowest BCUT2D eigenvalue weighted by molar-refractivity contribution is -0.116. The number of benzene rings is 2. The second kappa shape index (κ2) is 7.69. The molecule has 0 aromatic heterocycles. The second-order valence-corrected chi connectivity index (χ2v) is 9.50. The molecule has 1 aliphatic heterocycles. The minimum absolute atomic E-state index is 0.0935. The zero-order valence-corrected chi connectivity index (χ0v) is 16.0. The highest BCUT2D eigenvalue weighted by molar-refractivity contribution is 8.00. The number of sulfone groups is 1. The molecule has 142 valence electrons. The van der Waals surface area contributed by atoms with Crippen molar-refractivity contribution in [2.24, 2.45) is 0 Å². The highest BCUT2D eigenvalue weighted by atomic mass is 32.2. The summed E-state index contributed by atoms with van der Waals surface area (Å²) in [6.07, 6.45) is -0.264. The van der Waals surface area contributed by atoms with E-state index in [0.717, 1.165) is 6.07 Å². The molecule has 0 fully saturated rings. The van der Waals surface area contributed by atoms with Crippen LogP contribution in [0.1, 0.15) is 13.3 Å². The van der Waals surface area contributed by atoms with Crippen LogP contribution in [0.3, 0.4) is 0 Å². The molecule has 0 bridgehead atoms. The van der Waals surface area contributed by atoms with E-state index in [9.17, 15) is 22.4 Å². The molecule has 2 N–H and O–H groups in total. The minimum Gasteiger partial charge on any atom is -0.326 e. The molecule has 0 saturated heterocycles. The highest BCUT2D eigenvalue weighted by Gasteiger charge is 2.27. The van der Waals surface area contributed by atoms with Gasteiger partial charge in [-0.2, -0.15) is 0 Å². The SMILES string of the molecule is CC(CC(=O)Nc1cccc(F)c1)S(=O)(=O)c1ccc2c(c1)SCC(=O)N2. The largest absolute Gasteiger partial charge is 0.326 e. The normalized spacial score (nSPS) is 14.8. The fourth-order valence-corrected chi connectivity index (χ4v) is 4.91. The van der Waals surface area contributed by atoms with Gasteiger partial charge in [0.15, 0.2) is 9.84 Å². The summed E-state index contributed by atoms with van der Waals surface area (Å²) >= 11 is 1.26. The van der Waals surface area contributed by atoms with Crippen LogP contribution in [0.4, 0.5) is 15.8 Å². The quantitative estimate of drug-likeness (QED) is 0.793. The van der Waals surface area contributed by atoms with E-state index in [4.69, 9.17) is 0 Å². The average Bonchev–Trinajstić information content (AvgIpc) is 2.61. The summed E-state index contributed by atoms with van der Waals surface area (Å²) < 4.78 is 38.8. The summed E-state index contributed by atoms with van der Waals surface area (Å²) in [7, 11) is -3.74. The van der Waals surface area contributed by atoms with E-state index < -0.39 is 26.8 Å². The van der Waals surface area contributed by atoms with Gasteiger partial charge in [-0.3, -0.25) is 9.59 Å². The van der Waals surface area contributed by atoms with Gasteiger partial charge in [-0.1, -0.05) is 6.07 Å². The Bertz CT molecular complexity index is 1010. The van der Waals surface area contributed by atoms with Crippen LogP contribution >= 0.6 is 11.8 Å². The van der Waals surface area contributed by atoms with Gasteiger partial charge < -0.3 is 10.6 Å². The number of hydrogen-bond donors (Lipinski definition) is 2. The van der Waals surface area contributed by atoms with Gasteiger partial charge in [0.25, 0.3) is 0 Å². The number of thioether (sulfide) groups is 1. The third-order valence-electron chi connectivity index (χ3n) is 4.03. The Morgan fingerprint density at radius 1 is 1.30 bits per heavy atom. The van der Waals surface area contributed by atoms with E-state index in [0.29, 0.717) is 10.6 Å². The monoisotopic (exact) mass is 408 g/mol. The summed E-state index contributed by atoms with van der Waals surface area (Å²) in [5.41, 5.74) is 0.845. The maximum atomic E-state index is 13.2. The number of carbonyl (C=O) groups excluding carboxylic acids is 2. The van der Waals surface area contributed by atoms with Crippen molar-refractivity contribution < 1.29 is 22.4 Å². The highest BCUT2D eigenvalue weighted by Crippen LogP contribution is 2.34. The van der Waals surface area contributed by atoms with Crippen molar-refractivity contribution >= 4 is 44.8 Å². The number of amides is 2. The summed E-state index contributed by atoms with van der Waals surface area (Å²) in [4.78, 5) is 24.3. The number of nitrogens with one attached hydrogen (secondary N) is 2. The molecule has 2 aromatic rings. The fraction of sp³-hybridized carbons (Fsp3) is 0.222. The predicted octanol–water partition coefficient (Wildman–Crippen LogP) is 3.06. The minimum atomic E-state index is -3.74. The smallest absolute Gasteiger partial charge is 0.234 e. The Morgan fingerprint density at radius 2 is 2.07 bits per heavy atom. The van der Waals surface area contributed by atoms with Gasteiger partial charge in [-0.05, 0) is 43.3 Å². The first-order chi connectivity index (χ1) is 12.8. The van der Waals surface area contributed by atoms with Crippen molar-refractivity contribution in [3.8, 4) is 0 Å². The van der Waals surface area contributed by atoms with Gasteiger partial charge in [-0.15, -0.1) is 11.8 Å². The molecular formula is C18H17FN2O4S2. The molecular weight excluding hydrogens is 391 g/mol. The van der Waals surface area contributed by atoms with Crippen LogP contribution in [0.2, 0.25) is 0 Å². The van der Waals surface area contributed by atoms with E-state index in [1.54, 1.807) is 6.07 Å². The van der Waals surface area contributed by atoms with Crippen LogP contribution in [0.25, 0.3) is 0 Å². The first kappa shape index (κ1) is 19.4. The lowest BCUT2D eigenvalue weighted by Crippen LogP contribution is -2.25. The molecule has 3 rings (SSSR count). The Balaban J connectivity index is 1.72. The van der Waals surface area contributed by atoms with Gasteiger partial charge in [-0.25, -0.2) is 12.8 Å². The zero-order valence-electron chi connectivity index (χ0n) is 14.4. The average molecular weight is 408 g/mol. The molecule has 0 aliphatic carbocycles. The van der Waals surface area contributed by atoms with Gasteiger partial charge in [0.2, 0.25) is 11.8 Å². The van der Waals surface area contributed by atoms with Crippen molar-refractivity contribution in [1.82, 2.24) is 0 Å². The van der Waals surface area contributed by atoms with Crippen LogP contribution in [-0.4, -0.2) is 31.2 Å². The van der Waals surface area contributed by atoms with Crippen LogP contribution in [0, 0.1) is 5.82 Å². The third kappa shape index (κ3) is 4.48. The lowest BCUT2D eigenvalue weighted by atomic mass is 10.2. The number of halogens is 1. The first-order valence-electron chi connectivity index (χ1n) is 8.12. The molecule has 27 heavy (non-hydrogen) atoms. The van der Waals surface area contributed by atoms with Gasteiger partial charge in [0, 0.05) is 17.0 Å². The van der Waals surface area contributed by atoms with Crippen LogP contribution in [-0.2, 0) is 19.4 Å². The van der Waals surface area contributed by atoms with Crippen molar-refractivity contribution in [3.05, 3.63) is 48.3 Å². The van der Waals surface area contributed by atoms with Crippen molar-refractivity contribution in [2.75, 3.05) is 16.4 Å². The summed E-state index contributed by atoms with van der Waals surface area (Å²) in [5, 5.41) is 4.21. The summed E-state index contributed by atoms with van der Waals surface area (Å²) in [6.45, 7) is 1.45. The van der Waals surface area contributed by atoms with Gasteiger partial charge in [0.1, 0.15) is 5.82 Å². The van der Waals surface area contributed by atoms with Crippen molar-refractivity contribution in [1.29, 1.82) is 0 Å². The van der Waals surface area contributed by atoms with Crippen LogP contribution < -0.4 is 10.6 Å². The van der Waals surface area contributed by atoms with E-state index in [-0.39, 0.29) is 28.7 Å². The van der Waals surface area contributed by atoms with E-state index in [1.807, 2.05) is 0 Å². The molecule has 0 spiro atoms. The number of carbonyl (C=O) groups is 2. The number of fused-ring (bicyclic) bond motifs is 1. The molecule has 1 unspecified atom stereocenters. The molecule has 2 aromatic carbocycles. The molecule has 1 heterocycles. The molecule has 0 radical (unpaired) electrons. The van der Waals surface area contributed by atoms with E-state index in [2.05, 4.69) is 10.6 Å². The Kier molecular flexibility index (Phi) is 5.52. The Morgan fingerprint density at radius 3 is 2.81 bits per heavy atom. The third-order valence-corrected chi connectivity index (χ3v) is 7.22. The summed E-state index contributed by atoms with van der Waals surface area (Å²) in [5.74, 6) is -0.920. The standard InChI is InChI=1S/C18H17FN2O4S2/c1-11(7-17(22)20-13-4-2-3-12(19)8-13)27(24,25)14-5-6-15-16(9-14)26-10-18(23)21-15/h2-6,8-9,11H,7,10H2,1H3,(H,20,22)(H,21,23). The fourth-order valence-electron chi connectivity index (χ4n) is 2.61. The topological polar surface area (TPSA) is 92.3 Å². The van der Waals surface area contributed by atoms with Gasteiger partial charge in [0.05, 0.1) is 21.6 Å². The number of rotatable bonds is 5. The zero-order chi connectivity index (χ0) is 19.6. The maximum absolute atomic E-state index is 13.2. The summed E-state index contributed by atoms with van der Waals surface area (Å²) in [6, 6.07) is 9.86. The van der Waals surface area contributed by atoms with Gasteiger partial charge >= 0.3 is 0 Å². The maximum Gasteiger partial charge on any atom is 0.234 e. The molecule has 1 aliphatic rings. The van der Waals surface area contributed by atoms with E-state index >= 15 is 0 Å². The molecule has 1 atom stereocenters. The van der Waals surface area contributed by atoms with E-state index in [1.165, 1.54) is 49.0 Å². The number of hydrogen-bond acceptors (Lipinski definition) is 5. The molecule has 9 heteroatoms. The van der Waals surface area contributed by atoms with Crippen molar-refractivity contribution in [3.63, 3.8) is 0 Å². The Labute approximate surface area is 160 Å². The van der Waals surface area contributed by atoms with Crippen molar-refractivity contribution in [2.45, 2.75) is 28.4 Å².